The van der Waals surface area contributed by atoms with Crippen molar-refractivity contribution in [2.45, 2.75) is 13.3 Å². The van der Waals surface area contributed by atoms with Crippen LogP contribution >= 0.6 is 0 Å². The van der Waals surface area contributed by atoms with E-state index in [9.17, 15) is 17.4 Å². The topological polar surface area (TPSA) is 49.8 Å². The molecule has 0 saturated heterocycles. The molecule has 1 atom stereocenters. The third kappa shape index (κ3) is 5.13. The predicted octanol–water partition coefficient (Wildman–Crippen LogP) is 0.896. The van der Waals surface area contributed by atoms with Crippen LogP contribution in [0, 0.1) is 0 Å². The lowest BCUT2D eigenvalue weighted by Gasteiger charge is -2.15. The molecule has 1 N–H and O–H groups in total. The van der Waals surface area contributed by atoms with Crippen molar-refractivity contribution in [3.05, 3.63) is 0 Å². The molecule has 0 amide bonds. The summed E-state index contributed by atoms with van der Waals surface area (Å²) in [7, 11) is 0. The van der Waals surface area contributed by atoms with Gasteiger partial charge in [0.25, 0.3) is 11.3 Å². The average Bonchev–Trinajstić information content (AvgIpc) is 1.80. The summed E-state index contributed by atoms with van der Waals surface area (Å²) < 4.78 is 52.1. The van der Waals surface area contributed by atoms with Gasteiger partial charge in [0.2, 0.25) is 0 Å². The predicted molar refractivity (Wildman–Crippen MR) is 30.3 cm³/mol. The van der Waals surface area contributed by atoms with Crippen molar-refractivity contribution < 1.29 is 26.8 Å². The lowest BCUT2D eigenvalue weighted by Crippen LogP contribution is -2.32. The van der Waals surface area contributed by atoms with Gasteiger partial charge in [-0.15, -0.1) is 13.2 Å². The van der Waals surface area contributed by atoms with E-state index in [-0.39, 0.29) is 11.0 Å². The van der Waals surface area contributed by atoms with Crippen LogP contribution in [0.1, 0.15) is 6.92 Å². The summed E-state index contributed by atoms with van der Waals surface area (Å²) in [6.07, 6.45) is -4.92. The smallest absolute Gasteiger partial charge is 0.292 e. The first kappa shape index (κ1) is 10.8. The molecule has 0 fully saturated rings. The molecule has 68 valence electrons. The molecule has 11 heavy (non-hydrogen) atoms. The standard InChI is InChI=1S/C3H6F3NO3S/c1-2-7(11(8)9)10-3(4,5)6/h2H2,1H3,(H,8,9). The molecular weight excluding hydrogens is 187 g/mol. The van der Waals surface area contributed by atoms with E-state index in [1.807, 2.05) is 0 Å². The van der Waals surface area contributed by atoms with Gasteiger partial charge in [-0.2, -0.15) is 4.84 Å². The van der Waals surface area contributed by atoms with Crippen LogP contribution in [0.25, 0.3) is 0 Å². The van der Waals surface area contributed by atoms with Crippen molar-refractivity contribution in [2.75, 3.05) is 6.54 Å². The van der Waals surface area contributed by atoms with Crippen molar-refractivity contribution in [1.82, 2.24) is 4.47 Å². The van der Waals surface area contributed by atoms with Crippen molar-refractivity contribution in [3.8, 4) is 0 Å². The van der Waals surface area contributed by atoms with E-state index in [2.05, 4.69) is 4.84 Å². The largest absolute Gasteiger partial charge is 0.540 e. The van der Waals surface area contributed by atoms with E-state index in [1.54, 1.807) is 0 Å². The molecule has 8 heteroatoms. The first-order valence-corrected chi connectivity index (χ1v) is 3.57. The van der Waals surface area contributed by atoms with Crippen LogP contribution in [0.4, 0.5) is 13.2 Å². The van der Waals surface area contributed by atoms with Gasteiger partial charge in [0.05, 0.1) is 0 Å². The Hall–Kier alpha value is -0.180. The van der Waals surface area contributed by atoms with E-state index >= 15 is 0 Å². The van der Waals surface area contributed by atoms with Gasteiger partial charge in [-0.3, -0.25) is 4.55 Å². The molecule has 0 rings (SSSR count). The second-order valence-corrected chi connectivity index (χ2v) is 2.29. The summed E-state index contributed by atoms with van der Waals surface area (Å²) >= 11 is -2.76. The minimum atomic E-state index is -4.92. The first-order valence-electron chi connectivity index (χ1n) is 2.51. The molecular formula is C3H6F3NO3S. The third-order valence-corrected chi connectivity index (χ3v) is 1.32. The molecule has 0 saturated carbocycles. The SMILES string of the molecule is CCN(OC(F)(F)F)S(=O)O. The molecule has 0 aromatic carbocycles. The minimum Gasteiger partial charge on any atom is -0.292 e. The molecule has 0 spiro atoms. The Morgan fingerprint density at radius 1 is 1.64 bits per heavy atom. The van der Waals surface area contributed by atoms with Crippen LogP contribution in [-0.4, -0.2) is 26.1 Å². The number of hydrogen-bond donors (Lipinski definition) is 1. The summed E-state index contributed by atoms with van der Waals surface area (Å²) in [5.74, 6) is 0. The molecule has 0 aromatic rings. The Labute approximate surface area is 63.3 Å². The summed E-state index contributed by atoms with van der Waals surface area (Å²) in [5.41, 5.74) is 0. The highest BCUT2D eigenvalue weighted by Gasteiger charge is 2.34. The zero-order valence-corrected chi connectivity index (χ0v) is 6.28. The Bertz CT molecular complexity index is 149. The maximum atomic E-state index is 11.3. The Morgan fingerprint density at radius 3 is 2.18 bits per heavy atom. The van der Waals surface area contributed by atoms with Crippen molar-refractivity contribution in [2.24, 2.45) is 0 Å². The fourth-order valence-corrected chi connectivity index (χ4v) is 0.691. The highest BCUT2D eigenvalue weighted by atomic mass is 32.2. The van der Waals surface area contributed by atoms with Gasteiger partial charge in [-0.25, -0.2) is 4.21 Å². The summed E-state index contributed by atoms with van der Waals surface area (Å²) in [6.45, 7) is 0.919. The normalized spacial score (nSPS) is 15.5. The molecule has 0 radical (unpaired) electrons. The molecule has 0 bridgehead atoms. The summed E-state index contributed by atoms with van der Waals surface area (Å²) in [6, 6.07) is 0. The van der Waals surface area contributed by atoms with Gasteiger partial charge in [-0.05, 0) is 6.92 Å². The van der Waals surface area contributed by atoms with Gasteiger partial charge < -0.3 is 0 Å². The quantitative estimate of drug-likeness (QED) is 0.535. The number of hydrogen-bond acceptors (Lipinski definition) is 2. The second kappa shape index (κ2) is 4.00. The molecule has 0 heterocycles. The minimum absolute atomic E-state index is 0.0972. The van der Waals surface area contributed by atoms with E-state index in [1.165, 1.54) is 6.92 Å². The van der Waals surface area contributed by atoms with Crippen molar-refractivity contribution in [3.63, 3.8) is 0 Å². The van der Waals surface area contributed by atoms with E-state index in [4.69, 9.17) is 4.55 Å². The first-order chi connectivity index (χ1) is 4.87. The zero-order chi connectivity index (χ0) is 9.07. The van der Waals surface area contributed by atoms with Crippen LogP contribution in [0.5, 0.6) is 0 Å². The number of halogens is 3. The lowest BCUT2D eigenvalue weighted by molar-refractivity contribution is -0.389. The van der Waals surface area contributed by atoms with Crippen molar-refractivity contribution in [1.29, 1.82) is 0 Å². The number of alkyl halides is 3. The number of rotatable bonds is 3. The molecule has 1 unspecified atom stereocenters. The fourth-order valence-electron chi connectivity index (χ4n) is 0.322. The van der Waals surface area contributed by atoms with Crippen molar-refractivity contribution >= 4 is 11.3 Å². The number of hydroxylamine groups is 1. The fraction of sp³-hybridized carbons (Fsp3) is 1.00. The average molecular weight is 193 g/mol. The molecule has 0 aliphatic rings. The Balaban J connectivity index is 3.99. The van der Waals surface area contributed by atoms with Crippen LogP contribution in [0.15, 0.2) is 0 Å². The van der Waals surface area contributed by atoms with Crippen LogP contribution in [0.2, 0.25) is 0 Å². The van der Waals surface area contributed by atoms with Gasteiger partial charge >= 0.3 is 6.36 Å². The summed E-state index contributed by atoms with van der Waals surface area (Å²) in [5, 5.41) is 0. The third-order valence-electron chi connectivity index (χ3n) is 0.638. The van der Waals surface area contributed by atoms with Gasteiger partial charge in [0.15, 0.2) is 0 Å². The molecule has 0 aromatic heterocycles. The highest BCUT2D eigenvalue weighted by Crippen LogP contribution is 2.18. The molecule has 4 nitrogen and oxygen atoms in total. The molecule has 0 aliphatic carbocycles. The number of nitrogens with zero attached hydrogens (tertiary/aromatic N) is 1. The highest BCUT2D eigenvalue weighted by molar-refractivity contribution is 7.76. The Morgan fingerprint density at radius 2 is 2.09 bits per heavy atom. The van der Waals surface area contributed by atoms with Gasteiger partial charge in [-0.1, -0.05) is 4.47 Å². The lowest BCUT2D eigenvalue weighted by atomic mass is 10.8. The maximum absolute atomic E-state index is 11.3. The molecule has 0 aliphatic heterocycles. The monoisotopic (exact) mass is 193 g/mol. The van der Waals surface area contributed by atoms with Crippen LogP contribution in [0.3, 0.4) is 0 Å². The van der Waals surface area contributed by atoms with Crippen LogP contribution in [-0.2, 0) is 16.1 Å². The Kier molecular flexibility index (Phi) is 3.93. The second-order valence-electron chi connectivity index (χ2n) is 1.42. The van der Waals surface area contributed by atoms with Gasteiger partial charge in [0, 0.05) is 6.54 Å². The van der Waals surface area contributed by atoms with E-state index in [0.29, 0.717) is 0 Å². The van der Waals surface area contributed by atoms with E-state index < -0.39 is 17.6 Å². The zero-order valence-electron chi connectivity index (χ0n) is 5.46. The van der Waals surface area contributed by atoms with Gasteiger partial charge in [0.1, 0.15) is 0 Å². The van der Waals surface area contributed by atoms with E-state index in [0.717, 1.165) is 0 Å². The maximum Gasteiger partial charge on any atom is 0.540 e. The summed E-state index contributed by atoms with van der Waals surface area (Å²) in [4.78, 5) is 3.13. The van der Waals surface area contributed by atoms with Crippen LogP contribution < -0.4 is 0 Å².